The molecule has 0 amide bonds. The Labute approximate surface area is 127 Å². The van der Waals surface area contributed by atoms with Crippen LogP contribution in [-0.2, 0) is 20.6 Å². The quantitative estimate of drug-likeness (QED) is 0.309. The summed E-state index contributed by atoms with van der Waals surface area (Å²) in [6, 6.07) is 7.69. The standard InChI is InChI=1S/C15H23BNO4/c1-3-4-9-20-13-7-5-12(6-8-13)10-14(15(18)19-2)16-21-11-17/h5-8,14H,3-4,9-11,17H2,1-2H3/t14-/m0/s1. The Morgan fingerprint density at radius 2 is 2.05 bits per heavy atom. The lowest BCUT2D eigenvalue weighted by atomic mass is 9.76. The maximum Gasteiger partial charge on any atom is 0.309 e. The molecule has 0 aliphatic rings. The minimum atomic E-state index is -0.467. The predicted octanol–water partition coefficient (Wildman–Crippen LogP) is 1.92. The van der Waals surface area contributed by atoms with Crippen LogP contribution >= 0.6 is 0 Å². The molecule has 0 bridgehead atoms. The number of hydrogen-bond acceptors (Lipinski definition) is 5. The molecule has 0 spiro atoms. The van der Waals surface area contributed by atoms with E-state index in [2.05, 4.69) is 6.92 Å². The van der Waals surface area contributed by atoms with Crippen LogP contribution in [-0.4, -0.2) is 33.9 Å². The van der Waals surface area contributed by atoms with Gasteiger partial charge in [0.05, 0.1) is 26.3 Å². The van der Waals surface area contributed by atoms with Crippen LogP contribution in [0.4, 0.5) is 0 Å². The topological polar surface area (TPSA) is 70.8 Å². The van der Waals surface area contributed by atoms with Gasteiger partial charge in [-0.05, 0) is 30.5 Å². The summed E-state index contributed by atoms with van der Waals surface area (Å²) in [7, 11) is 2.79. The third kappa shape index (κ3) is 6.64. The maximum atomic E-state index is 11.7. The van der Waals surface area contributed by atoms with Crippen LogP contribution < -0.4 is 10.5 Å². The summed E-state index contributed by atoms with van der Waals surface area (Å²) in [6.07, 6.45) is 2.65. The van der Waals surface area contributed by atoms with Gasteiger partial charge in [0.1, 0.15) is 5.75 Å². The van der Waals surface area contributed by atoms with E-state index in [1.54, 1.807) is 0 Å². The van der Waals surface area contributed by atoms with Crippen LogP contribution in [0.5, 0.6) is 5.75 Å². The van der Waals surface area contributed by atoms with Gasteiger partial charge < -0.3 is 19.9 Å². The molecular formula is C15H23BNO4. The first-order chi connectivity index (χ1) is 10.2. The van der Waals surface area contributed by atoms with E-state index in [0.29, 0.717) is 6.42 Å². The van der Waals surface area contributed by atoms with Gasteiger partial charge in [-0.1, -0.05) is 25.5 Å². The Balaban J connectivity index is 2.56. The summed E-state index contributed by atoms with van der Waals surface area (Å²) in [5.41, 5.74) is 6.27. The third-order valence-corrected chi connectivity index (χ3v) is 3.01. The molecule has 2 N–H and O–H groups in total. The molecule has 5 nitrogen and oxygen atoms in total. The number of carbonyl (C=O) groups excluding carboxylic acids is 1. The van der Waals surface area contributed by atoms with Crippen LogP contribution in [0.1, 0.15) is 25.3 Å². The Hall–Kier alpha value is -1.53. The highest BCUT2D eigenvalue weighted by atomic mass is 16.5. The Morgan fingerprint density at radius 3 is 2.62 bits per heavy atom. The van der Waals surface area contributed by atoms with Crippen molar-refractivity contribution in [3.8, 4) is 5.75 Å². The molecule has 0 aliphatic heterocycles. The lowest BCUT2D eigenvalue weighted by Crippen LogP contribution is -2.23. The van der Waals surface area contributed by atoms with E-state index in [1.807, 2.05) is 24.3 Å². The molecule has 1 aromatic rings. The summed E-state index contributed by atoms with van der Waals surface area (Å²) in [5.74, 6) is 0.0288. The van der Waals surface area contributed by atoms with Crippen molar-refractivity contribution in [3.63, 3.8) is 0 Å². The molecule has 0 heterocycles. The van der Waals surface area contributed by atoms with Crippen molar-refractivity contribution in [1.82, 2.24) is 0 Å². The summed E-state index contributed by atoms with van der Waals surface area (Å²) in [6.45, 7) is 2.88. The predicted molar refractivity (Wildman–Crippen MR) is 82.2 cm³/mol. The Bertz CT molecular complexity index is 411. The van der Waals surface area contributed by atoms with Gasteiger partial charge in [0.25, 0.3) is 0 Å². The Morgan fingerprint density at radius 1 is 1.33 bits per heavy atom. The zero-order valence-electron chi connectivity index (χ0n) is 12.7. The first-order valence-electron chi connectivity index (χ1n) is 7.15. The molecule has 1 rings (SSSR count). The van der Waals surface area contributed by atoms with Gasteiger partial charge in [0.15, 0.2) is 0 Å². The second-order valence-corrected chi connectivity index (χ2v) is 4.65. The lowest BCUT2D eigenvalue weighted by Gasteiger charge is -2.13. The zero-order chi connectivity index (χ0) is 15.5. The second-order valence-electron chi connectivity index (χ2n) is 4.65. The highest BCUT2D eigenvalue weighted by Gasteiger charge is 2.22. The fraction of sp³-hybridized carbons (Fsp3) is 0.533. The number of nitrogens with two attached hydrogens (primary N) is 1. The first kappa shape index (κ1) is 17.5. The molecule has 115 valence electrons. The van der Waals surface area contributed by atoms with Gasteiger partial charge >= 0.3 is 13.5 Å². The highest BCUT2D eigenvalue weighted by molar-refractivity contribution is 6.36. The average Bonchev–Trinajstić information content (AvgIpc) is 2.52. The van der Waals surface area contributed by atoms with E-state index in [-0.39, 0.29) is 12.7 Å². The van der Waals surface area contributed by atoms with Crippen LogP contribution in [0.25, 0.3) is 0 Å². The van der Waals surface area contributed by atoms with Crippen molar-refractivity contribution in [2.75, 3.05) is 20.4 Å². The third-order valence-electron chi connectivity index (χ3n) is 3.01. The van der Waals surface area contributed by atoms with Gasteiger partial charge in [-0.2, -0.15) is 0 Å². The fourth-order valence-electron chi connectivity index (χ4n) is 1.82. The second kappa shape index (κ2) is 10.2. The molecule has 1 atom stereocenters. The molecular weight excluding hydrogens is 269 g/mol. The van der Waals surface area contributed by atoms with E-state index in [1.165, 1.54) is 14.6 Å². The Kier molecular flexibility index (Phi) is 8.54. The van der Waals surface area contributed by atoms with Gasteiger partial charge in [-0.15, -0.1) is 0 Å². The van der Waals surface area contributed by atoms with Gasteiger partial charge in [0.2, 0.25) is 0 Å². The van der Waals surface area contributed by atoms with Gasteiger partial charge in [0, 0.05) is 0 Å². The number of methoxy groups -OCH3 is 1. The van der Waals surface area contributed by atoms with E-state index in [9.17, 15) is 4.79 Å². The molecule has 0 saturated carbocycles. The van der Waals surface area contributed by atoms with E-state index < -0.39 is 5.82 Å². The molecule has 0 aromatic heterocycles. The molecule has 0 unspecified atom stereocenters. The van der Waals surface area contributed by atoms with E-state index >= 15 is 0 Å². The smallest absolute Gasteiger partial charge is 0.309 e. The maximum absolute atomic E-state index is 11.7. The first-order valence-corrected chi connectivity index (χ1v) is 7.15. The molecule has 1 radical (unpaired) electrons. The van der Waals surface area contributed by atoms with Crippen molar-refractivity contribution in [1.29, 1.82) is 0 Å². The van der Waals surface area contributed by atoms with Crippen LogP contribution in [0.3, 0.4) is 0 Å². The van der Waals surface area contributed by atoms with Crippen molar-refractivity contribution < 1.29 is 18.9 Å². The molecule has 0 aliphatic carbocycles. The van der Waals surface area contributed by atoms with Gasteiger partial charge in [-0.3, -0.25) is 4.79 Å². The molecule has 1 aromatic carbocycles. The fourth-order valence-corrected chi connectivity index (χ4v) is 1.82. The largest absolute Gasteiger partial charge is 0.494 e. The van der Waals surface area contributed by atoms with Crippen molar-refractivity contribution in [3.05, 3.63) is 29.8 Å². The van der Waals surface area contributed by atoms with E-state index in [4.69, 9.17) is 19.9 Å². The van der Waals surface area contributed by atoms with Crippen LogP contribution in [0.2, 0.25) is 5.82 Å². The molecule has 6 heteroatoms. The van der Waals surface area contributed by atoms with Crippen molar-refractivity contribution in [2.45, 2.75) is 32.0 Å². The lowest BCUT2D eigenvalue weighted by molar-refractivity contribution is -0.140. The number of benzene rings is 1. The number of hydrogen-bond donors (Lipinski definition) is 1. The van der Waals surface area contributed by atoms with Gasteiger partial charge in [-0.25, -0.2) is 0 Å². The van der Waals surface area contributed by atoms with Crippen molar-refractivity contribution >= 4 is 13.5 Å². The monoisotopic (exact) mass is 292 g/mol. The normalized spacial score (nSPS) is 11.8. The molecule has 0 saturated heterocycles. The zero-order valence-corrected chi connectivity index (χ0v) is 12.7. The number of ether oxygens (including phenoxy) is 2. The minimum Gasteiger partial charge on any atom is -0.494 e. The minimum absolute atomic E-state index is 0.0394. The number of carbonyl (C=O) groups is 1. The van der Waals surface area contributed by atoms with Crippen LogP contribution in [0, 0.1) is 0 Å². The summed E-state index contributed by atoms with van der Waals surface area (Å²) in [4.78, 5) is 11.7. The average molecular weight is 292 g/mol. The summed E-state index contributed by atoms with van der Waals surface area (Å²) >= 11 is 0. The van der Waals surface area contributed by atoms with E-state index in [0.717, 1.165) is 30.8 Å². The summed E-state index contributed by atoms with van der Waals surface area (Å²) < 4.78 is 15.4. The highest BCUT2D eigenvalue weighted by Crippen LogP contribution is 2.18. The SMILES string of the molecule is CCCCOc1ccc(C[C@H]([B]OCN)C(=O)OC)cc1. The molecule has 0 fully saturated rings. The number of rotatable bonds is 10. The summed E-state index contributed by atoms with van der Waals surface area (Å²) in [5, 5.41) is 0. The number of unbranched alkanes of at least 4 members (excludes halogenated alkanes) is 1. The number of esters is 1. The van der Waals surface area contributed by atoms with Crippen molar-refractivity contribution in [2.24, 2.45) is 5.73 Å². The molecule has 21 heavy (non-hydrogen) atoms. The van der Waals surface area contributed by atoms with Crippen LogP contribution in [0.15, 0.2) is 24.3 Å².